The van der Waals surface area contributed by atoms with Gasteiger partial charge in [0.25, 0.3) is 0 Å². The van der Waals surface area contributed by atoms with Gasteiger partial charge >= 0.3 is 0 Å². The Morgan fingerprint density at radius 3 is 2.83 bits per heavy atom. The highest BCUT2D eigenvalue weighted by Gasteiger charge is 2.25. The number of nitrogens with zero attached hydrogens (tertiary/aromatic N) is 4. The van der Waals surface area contributed by atoms with Crippen LogP contribution in [0.4, 0.5) is 10.2 Å². The van der Waals surface area contributed by atoms with E-state index in [0.29, 0.717) is 11.6 Å². The first-order valence-corrected chi connectivity index (χ1v) is 10.1. The van der Waals surface area contributed by atoms with E-state index in [4.69, 9.17) is 11.6 Å². The number of aromatic nitrogens is 1. The fraction of sp³-hybridized carbons (Fsp3) is 0.429. The van der Waals surface area contributed by atoms with Crippen molar-refractivity contribution in [2.24, 2.45) is 4.99 Å². The highest BCUT2D eigenvalue weighted by atomic mass is 127. The molecule has 3 rings (SSSR count). The Bertz CT molecular complexity index is 850. The molecule has 2 N–H and O–H groups in total. The maximum atomic E-state index is 13.6. The molecule has 1 fully saturated rings. The lowest BCUT2D eigenvalue weighted by Gasteiger charge is -2.27. The second-order valence-electron chi connectivity index (χ2n) is 7.37. The Morgan fingerprint density at radius 1 is 1.37 bits per heavy atom. The highest BCUT2D eigenvalue weighted by molar-refractivity contribution is 14.0. The maximum Gasteiger partial charge on any atom is 0.191 e. The van der Waals surface area contributed by atoms with E-state index in [1.807, 2.05) is 32.3 Å². The van der Waals surface area contributed by atoms with Crippen molar-refractivity contribution in [2.75, 3.05) is 45.7 Å². The first-order chi connectivity index (χ1) is 14.0. The summed E-state index contributed by atoms with van der Waals surface area (Å²) in [6.45, 7) is 2.30. The Balaban J connectivity index is 0.00000320. The van der Waals surface area contributed by atoms with Crippen molar-refractivity contribution in [2.45, 2.75) is 18.5 Å². The summed E-state index contributed by atoms with van der Waals surface area (Å²) in [6.07, 6.45) is 2.73. The molecule has 0 bridgehead atoms. The van der Waals surface area contributed by atoms with E-state index < -0.39 is 0 Å². The normalized spacial score (nSPS) is 17.6. The number of likely N-dealkylation sites (N-methyl/N-ethyl adjacent to an activating group) is 1. The summed E-state index contributed by atoms with van der Waals surface area (Å²) in [6, 6.07) is 10.7. The molecule has 2 aromatic rings. The second kappa shape index (κ2) is 11.7. The minimum atomic E-state index is -0.226. The maximum absolute atomic E-state index is 13.6. The van der Waals surface area contributed by atoms with Gasteiger partial charge in [-0.25, -0.2) is 9.37 Å². The lowest BCUT2D eigenvalue weighted by molar-refractivity contribution is 0.297. The van der Waals surface area contributed by atoms with Crippen molar-refractivity contribution in [1.82, 2.24) is 20.5 Å². The van der Waals surface area contributed by atoms with Gasteiger partial charge in [-0.1, -0.05) is 23.7 Å². The van der Waals surface area contributed by atoms with Crippen molar-refractivity contribution in [3.8, 4) is 0 Å². The molecule has 164 valence electrons. The lowest BCUT2D eigenvalue weighted by Crippen LogP contribution is -2.46. The van der Waals surface area contributed by atoms with Gasteiger partial charge in [0.1, 0.15) is 11.6 Å². The number of hydrogen-bond acceptors (Lipinski definition) is 4. The van der Waals surface area contributed by atoms with Crippen LogP contribution in [0.15, 0.2) is 47.6 Å². The molecule has 1 saturated heterocycles. The van der Waals surface area contributed by atoms with Gasteiger partial charge in [-0.3, -0.25) is 4.99 Å². The molecule has 2 heterocycles. The van der Waals surface area contributed by atoms with Crippen LogP contribution in [0.2, 0.25) is 5.02 Å². The van der Waals surface area contributed by atoms with Crippen LogP contribution < -0.4 is 15.5 Å². The van der Waals surface area contributed by atoms with Crippen molar-refractivity contribution in [3.05, 3.63) is 59.0 Å². The molecular weight excluding hydrogens is 518 g/mol. The summed E-state index contributed by atoms with van der Waals surface area (Å²) in [5, 5.41) is 7.52. The molecule has 30 heavy (non-hydrogen) atoms. The summed E-state index contributed by atoms with van der Waals surface area (Å²) in [4.78, 5) is 13.0. The number of aliphatic imine (C=N–C) groups is 1. The summed E-state index contributed by atoms with van der Waals surface area (Å²) in [7, 11) is 5.72. The summed E-state index contributed by atoms with van der Waals surface area (Å²) in [5.74, 6) is 1.32. The minimum absolute atomic E-state index is 0. The largest absolute Gasteiger partial charge is 0.354 e. The second-order valence-corrected chi connectivity index (χ2v) is 7.78. The fourth-order valence-electron chi connectivity index (χ4n) is 3.57. The zero-order valence-corrected chi connectivity index (χ0v) is 20.6. The Labute approximate surface area is 199 Å². The molecule has 9 heteroatoms. The van der Waals surface area contributed by atoms with E-state index in [-0.39, 0.29) is 41.9 Å². The van der Waals surface area contributed by atoms with Gasteiger partial charge in [-0.2, -0.15) is 0 Å². The molecule has 0 aliphatic carbocycles. The number of rotatable bonds is 6. The topological polar surface area (TPSA) is 55.8 Å². The molecular formula is C21H29ClFIN6. The molecule has 1 aliphatic heterocycles. The average molecular weight is 547 g/mol. The lowest BCUT2D eigenvalue weighted by atomic mass is 10.1. The van der Waals surface area contributed by atoms with E-state index in [1.165, 1.54) is 6.07 Å². The van der Waals surface area contributed by atoms with E-state index >= 15 is 0 Å². The number of benzene rings is 1. The third-order valence-electron chi connectivity index (χ3n) is 5.11. The van der Waals surface area contributed by atoms with Crippen LogP contribution in [0.5, 0.6) is 0 Å². The third kappa shape index (κ3) is 6.42. The monoisotopic (exact) mass is 546 g/mol. The Morgan fingerprint density at radius 2 is 2.17 bits per heavy atom. The number of hydrogen-bond donors (Lipinski definition) is 2. The van der Waals surface area contributed by atoms with Gasteiger partial charge in [-0.15, -0.1) is 24.0 Å². The molecule has 6 nitrogen and oxygen atoms in total. The molecule has 0 spiro atoms. The van der Waals surface area contributed by atoms with Crippen molar-refractivity contribution in [1.29, 1.82) is 0 Å². The quantitative estimate of drug-likeness (QED) is 0.330. The number of nitrogens with one attached hydrogen (secondary N) is 2. The van der Waals surface area contributed by atoms with Gasteiger partial charge in [0.15, 0.2) is 5.96 Å². The molecule has 0 amide bonds. The molecule has 0 saturated carbocycles. The highest BCUT2D eigenvalue weighted by Crippen LogP contribution is 2.25. The fourth-order valence-corrected chi connectivity index (χ4v) is 3.82. The predicted molar refractivity (Wildman–Crippen MR) is 133 cm³/mol. The minimum Gasteiger partial charge on any atom is -0.354 e. The number of pyridine rings is 1. The van der Waals surface area contributed by atoms with Crippen molar-refractivity contribution >= 4 is 47.4 Å². The van der Waals surface area contributed by atoms with Gasteiger partial charge < -0.3 is 20.4 Å². The molecule has 0 radical (unpaired) electrons. The molecule has 2 unspecified atom stereocenters. The zero-order valence-electron chi connectivity index (χ0n) is 17.5. The van der Waals surface area contributed by atoms with Crippen LogP contribution in [-0.2, 0) is 0 Å². The number of anilines is 1. The summed E-state index contributed by atoms with van der Waals surface area (Å²) < 4.78 is 13.6. The zero-order chi connectivity index (χ0) is 20.8. The van der Waals surface area contributed by atoms with Crippen molar-refractivity contribution < 1.29 is 4.39 Å². The van der Waals surface area contributed by atoms with Crippen LogP contribution in [0, 0.1) is 5.82 Å². The first kappa shape index (κ1) is 24.6. The van der Waals surface area contributed by atoms with Gasteiger partial charge in [0.2, 0.25) is 0 Å². The molecule has 1 aromatic heterocycles. The van der Waals surface area contributed by atoms with Gasteiger partial charge in [0, 0.05) is 38.9 Å². The number of guanidine groups is 1. The summed E-state index contributed by atoms with van der Waals surface area (Å²) in [5.41, 5.74) is 0.926. The SMILES string of the molecule is CN=C(NCC(c1cccc(F)c1)N(C)C)NC1CCN(c2ncccc2Cl)C1.I. The van der Waals surface area contributed by atoms with Crippen molar-refractivity contribution in [3.63, 3.8) is 0 Å². The van der Waals surface area contributed by atoms with Crippen LogP contribution in [0.25, 0.3) is 0 Å². The van der Waals surface area contributed by atoms with E-state index in [0.717, 1.165) is 36.9 Å². The molecule has 1 aliphatic rings. The third-order valence-corrected chi connectivity index (χ3v) is 5.41. The number of halogens is 3. The molecule has 2 atom stereocenters. The van der Waals surface area contributed by atoms with E-state index in [9.17, 15) is 4.39 Å². The van der Waals surface area contributed by atoms with Gasteiger partial charge in [0.05, 0.1) is 11.1 Å². The molecule has 1 aromatic carbocycles. The van der Waals surface area contributed by atoms with E-state index in [2.05, 4.69) is 30.4 Å². The van der Waals surface area contributed by atoms with Crippen LogP contribution in [-0.4, -0.2) is 62.7 Å². The van der Waals surface area contributed by atoms with Crippen LogP contribution >= 0.6 is 35.6 Å². The van der Waals surface area contributed by atoms with Crippen LogP contribution in [0.3, 0.4) is 0 Å². The smallest absolute Gasteiger partial charge is 0.191 e. The predicted octanol–water partition coefficient (Wildman–Crippen LogP) is 3.54. The standard InChI is InChI=1S/C21H28ClFN6.HI/c1-24-21(26-13-19(28(2)3)15-6-4-7-16(23)12-15)27-17-9-11-29(14-17)20-18(22)8-5-10-25-20;/h4-8,10,12,17,19H,9,11,13-14H2,1-3H3,(H2,24,26,27);1H. The van der Waals surface area contributed by atoms with Crippen LogP contribution in [0.1, 0.15) is 18.0 Å². The van der Waals surface area contributed by atoms with E-state index in [1.54, 1.807) is 25.4 Å². The first-order valence-electron chi connectivity index (χ1n) is 9.72. The Kier molecular flexibility index (Phi) is 9.57. The average Bonchev–Trinajstić information content (AvgIpc) is 3.15. The Hall–Kier alpha value is -1.65. The van der Waals surface area contributed by atoms with Gasteiger partial charge in [-0.05, 0) is 50.3 Å². The summed E-state index contributed by atoms with van der Waals surface area (Å²) >= 11 is 6.28.